The molecule has 0 aliphatic rings. The zero-order valence-electron chi connectivity index (χ0n) is 17.3. The molecule has 7 nitrogen and oxygen atoms in total. The van der Waals surface area contributed by atoms with Gasteiger partial charge in [0.1, 0.15) is 0 Å². The van der Waals surface area contributed by atoms with Crippen LogP contribution in [-0.2, 0) is 9.59 Å². The van der Waals surface area contributed by atoms with Crippen molar-refractivity contribution in [1.29, 1.82) is 0 Å². The maximum absolute atomic E-state index is 12.3. The first-order chi connectivity index (χ1) is 13.7. The van der Waals surface area contributed by atoms with Gasteiger partial charge in [-0.25, -0.2) is 0 Å². The Labute approximate surface area is 171 Å². The summed E-state index contributed by atoms with van der Waals surface area (Å²) in [5.41, 5.74) is 10.2. The summed E-state index contributed by atoms with van der Waals surface area (Å²) in [6, 6.07) is 10.4. The molecule has 0 aliphatic heterocycles. The molecule has 0 saturated carbocycles. The van der Waals surface area contributed by atoms with Crippen molar-refractivity contribution >= 4 is 29.1 Å². The van der Waals surface area contributed by atoms with Crippen LogP contribution in [0.25, 0.3) is 0 Å². The van der Waals surface area contributed by atoms with Crippen molar-refractivity contribution in [3.8, 4) is 0 Å². The first-order valence-corrected chi connectivity index (χ1v) is 9.41. The number of aryl methyl sites for hydroxylation is 3. The molecule has 0 radical (unpaired) electrons. The first-order valence-electron chi connectivity index (χ1n) is 9.41. The molecule has 0 saturated heterocycles. The Morgan fingerprint density at radius 1 is 0.931 bits per heavy atom. The fourth-order valence-electron chi connectivity index (χ4n) is 3.11. The number of nitrogens with zero attached hydrogens (tertiary/aromatic N) is 1. The number of carbonyl (C=O) groups is 3. The Hall–Kier alpha value is -3.19. The number of nitrogens with two attached hydrogens (primary N) is 1. The maximum atomic E-state index is 12.3. The summed E-state index contributed by atoms with van der Waals surface area (Å²) in [5.74, 6) is -0.807. The fourth-order valence-corrected chi connectivity index (χ4v) is 3.11. The Bertz CT molecular complexity index is 884. The minimum atomic E-state index is -0.515. The molecule has 3 amide bonds. The predicted molar refractivity (Wildman–Crippen MR) is 115 cm³/mol. The number of hydrogen-bond donors (Lipinski definition) is 3. The molecule has 2 rings (SSSR count). The SMILES string of the molecule is Cc1cc(C)c(NC(=O)CN(C)CCC(=O)Nc2ccc(C(N)=O)cc2)c(C)c1. The smallest absolute Gasteiger partial charge is 0.248 e. The minimum absolute atomic E-state index is 0.120. The number of amides is 3. The minimum Gasteiger partial charge on any atom is -0.366 e. The second kappa shape index (κ2) is 9.84. The molecular weight excluding hydrogens is 368 g/mol. The number of hydrogen-bond acceptors (Lipinski definition) is 4. The van der Waals surface area contributed by atoms with Crippen LogP contribution in [0.5, 0.6) is 0 Å². The molecule has 2 aromatic carbocycles. The van der Waals surface area contributed by atoms with Gasteiger partial charge in [0, 0.05) is 29.9 Å². The Morgan fingerprint density at radius 3 is 2.07 bits per heavy atom. The lowest BCUT2D eigenvalue weighted by molar-refractivity contribution is -0.119. The Balaban J connectivity index is 1.80. The van der Waals surface area contributed by atoms with Gasteiger partial charge in [0.2, 0.25) is 17.7 Å². The highest BCUT2D eigenvalue weighted by atomic mass is 16.2. The number of benzene rings is 2. The fraction of sp³-hybridized carbons (Fsp3) is 0.318. The third-order valence-corrected chi connectivity index (χ3v) is 4.53. The van der Waals surface area contributed by atoms with Crippen molar-refractivity contribution in [1.82, 2.24) is 4.90 Å². The standard InChI is InChI=1S/C22H28N4O3/c1-14-11-15(2)21(16(3)12-14)25-20(28)13-26(4)10-9-19(27)24-18-7-5-17(6-8-18)22(23)29/h5-8,11-12H,9-10,13H2,1-4H3,(H2,23,29)(H,24,27)(H,25,28). The first kappa shape index (κ1) is 22.1. The van der Waals surface area contributed by atoms with Gasteiger partial charge in [0.05, 0.1) is 6.54 Å². The van der Waals surface area contributed by atoms with Crippen LogP contribution in [0.4, 0.5) is 11.4 Å². The van der Waals surface area contributed by atoms with Gasteiger partial charge in [-0.15, -0.1) is 0 Å². The van der Waals surface area contributed by atoms with Crippen LogP contribution in [0.1, 0.15) is 33.5 Å². The van der Waals surface area contributed by atoms with Crippen molar-refractivity contribution in [2.45, 2.75) is 27.2 Å². The van der Waals surface area contributed by atoms with E-state index in [1.165, 1.54) is 0 Å². The van der Waals surface area contributed by atoms with Crippen LogP contribution < -0.4 is 16.4 Å². The van der Waals surface area contributed by atoms with E-state index in [9.17, 15) is 14.4 Å². The molecule has 0 fully saturated rings. The van der Waals surface area contributed by atoms with E-state index in [0.717, 1.165) is 22.4 Å². The molecule has 29 heavy (non-hydrogen) atoms. The second-order valence-corrected chi connectivity index (χ2v) is 7.30. The van der Waals surface area contributed by atoms with Crippen molar-refractivity contribution in [3.63, 3.8) is 0 Å². The third kappa shape index (κ3) is 6.73. The topological polar surface area (TPSA) is 105 Å². The van der Waals surface area contributed by atoms with Crippen LogP contribution in [-0.4, -0.2) is 42.8 Å². The maximum Gasteiger partial charge on any atom is 0.248 e. The average molecular weight is 396 g/mol. The van der Waals surface area contributed by atoms with Crippen molar-refractivity contribution < 1.29 is 14.4 Å². The van der Waals surface area contributed by atoms with Crippen molar-refractivity contribution in [3.05, 3.63) is 58.7 Å². The number of likely N-dealkylation sites (N-methyl/N-ethyl adjacent to an activating group) is 1. The Kier molecular flexibility index (Phi) is 7.50. The van der Waals surface area contributed by atoms with Gasteiger partial charge in [0.25, 0.3) is 0 Å². The van der Waals surface area contributed by atoms with Gasteiger partial charge < -0.3 is 16.4 Å². The number of nitrogens with one attached hydrogen (secondary N) is 2. The third-order valence-electron chi connectivity index (χ3n) is 4.53. The van der Waals surface area contributed by atoms with Crippen LogP contribution in [0, 0.1) is 20.8 Å². The number of rotatable bonds is 8. The van der Waals surface area contributed by atoms with E-state index in [1.807, 2.05) is 32.9 Å². The quantitative estimate of drug-likeness (QED) is 0.638. The number of anilines is 2. The summed E-state index contributed by atoms with van der Waals surface area (Å²) in [5, 5.41) is 5.72. The highest BCUT2D eigenvalue weighted by Gasteiger charge is 2.12. The molecule has 0 spiro atoms. The summed E-state index contributed by atoms with van der Waals surface area (Å²) in [7, 11) is 1.80. The molecule has 7 heteroatoms. The van der Waals surface area contributed by atoms with Crippen LogP contribution >= 0.6 is 0 Å². The number of carbonyl (C=O) groups excluding carboxylic acids is 3. The van der Waals surface area contributed by atoms with Gasteiger partial charge in [-0.05, 0) is 63.2 Å². The molecule has 154 valence electrons. The van der Waals surface area contributed by atoms with Crippen LogP contribution in [0.2, 0.25) is 0 Å². The normalized spacial score (nSPS) is 10.7. The van der Waals surface area contributed by atoms with Crippen LogP contribution in [0.3, 0.4) is 0 Å². The van der Waals surface area contributed by atoms with E-state index in [4.69, 9.17) is 5.73 Å². The Morgan fingerprint density at radius 2 is 1.52 bits per heavy atom. The summed E-state index contributed by atoms with van der Waals surface area (Å²) < 4.78 is 0. The zero-order chi connectivity index (χ0) is 21.6. The van der Waals surface area contributed by atoms with Crippen molar-refractivity contribution in [2.75, 3.05) is 30.8 Å². The lowest BCUT2D eigenvalue weighted by atomic mass is 10.1. The van der Waals surface area contributed by atoms with E-state index in [1.54, 1.807) is 36.2 Å². The van der Waals surface area contributed by atoms with E-state index >= 15 is 0 Å². The van der Waals surface area contributed by atoms with E-state index < -0.39 is 5.91 Å². The molecule has 2 aromatic rings. The molecule has 0 aromatic heterocycles. The molecule has 0 atom stereocenters. The molecular formula is C22H28N4O3. The van der Waals surface area contributed by atoms with E-state index in [0.29, 0.717) is 17.8 Å². The lowest BCUT2D eigenvalue weighted by Crippen LogP contribution is -2.32. The molecule has 0 aliphatic carbocycles. The highest BCUT2D eigenvalue weighted by molar-refractivity contribution is 5.95. The van der Waals surface area contributed by atoms with Gasteiger partial charge in [-0.2, -0.15) is 0 Å². The zero-order valence-corrected chi connectivity index (χ0v) is 17.3. The summed E-state index contributed by atoms with van der Waals surface area (Å²) in [6.07, 6.45) is 0.240. The average Bonchev–Trinajstić information content (AvgIpc) is 2.63. The monoisotopic (exact) mass is 396 g/mol. The largest absolute Gasteiger partial charge is 0.366 e. The molecule has 0 bridgehead atoms. The summed E-state index contributed by atoms with van der Waals surface area (Å²) in [4.78, 5) is 37.3. The summed E-state index contributed by atoms with van der Waals surface area (Å²) in [6.45, 7) is 6.59. The number of primary amides is 1. The van der Waals surface area contributed by atoms with Gasteiger partial charge >= 0.3 is 0 Å². The van der Waals surface area contributed by atoms with Crippen molar-refractivity contribution in [2.24, 2.45) is 5.73 Å². The van der Waals surface area contributed by atoms with Crippen LogP contribution in [0.15, 0.2) is 36.4 Å². The van der Waals surface area contributed by atoms with Gasteiger partial charge in [-0.1, -0.05) is 17.7 Å². The molecule has 4 N–H and O–H groups in total. The summed E-state index contributed by atoms with van der Waals surface area (Å²) >= 11 is 0. The molecule has 0 unspecified atom stereocenters. The van der Waals surface area contributed by atoms with E-state index in [-0.39, 0.29) is 24.8 Å². The predicted octanol–water partition coefficient (Wildman–Crippen LogP) is 2.61. The van der Waals surface area contributed by atoms with Gasteiger partial charge in [0.15, 0.2) is 0 Å². The molecule has 0 heterocycles. The van der Waals surface area contributed by atoms with Gasteiger partial charge in [-0.3, -0.25) is 19.3 Å². The van der Waals surface area contributed by atoms with E-state index in [2.05, 4.69) is 10.6 Å². The lowest BCUT2D eigenvalue weighted by Gasteiger charge is -2.18. The highest BCUT2D eigenvalue weighted by Crippen LogP contribution is 2.21. The second-order valence-electron chi connectivity index (χ2n) is 7.30.